The van der Waals surface area contributed by atoms with Crippen LogP contribution in [0.2, 0.25) is 5.02 Å². The van der Waals surface area contributed by atoms with E-state index in [1.165, 1.54) is 0 Å². The molecule has 2 N–H and O–H groups in total. The molecule has 1 fully saturated rings. The lowest BCUT2D eigenvalue weighted by Crippen LogP contribution is -2.33. The fraction of sp³-hybridized carbons (Fsp3) is 0.462. The molecular weight excluding hydrogens is 351 g/mol. The van der Waals surface area contributed by atoms with Crippen LogP contribution in [0.1, 0.15) is 23.7 Å². The van der Waals surface area contributed by atoms with Crippen LogP contribution in [0.5, 0.6) is 0 Å². The third-order valence-corrected chi connectivity index (χ3v) is 4.64. The summed E-state index contributed by atoms with van der Waals surface area (Å²) in [6.07, 6.45) is 0.984. The van der Waals surface area contributed by atoms with Gasteiger partial charge in [0.25, 0.3) is 5.91 Å². The molecule has 1 amide bonds. The standard InChI is InChI=1S/C13H16BrClN2O.ClH/c1-8(16)10-4-5-17(7-10)13(18)9-2-3-12(15)11(14)6-9;/h2-3,6,8,10H,4-5,7,16H2,1H3;1H. The van der Waals surface area contributed by atoms with Crippen molar-refractivity contribution in [2.45, 2.75) is 19.4 Å². The molecule has 19 heavy (non-hydrogen) atoms. The molecule has 0 saturated carbocycles. The van der Waals surface area contributed by atoms with Gasteiger partial charge in [-0.1, -0.05) is 11.6 Å². The highest BCUT2D eigenvalue weighted by molar-refractivity contribution is 9.10. The number of benzene rings is 1. The maximum atomic E-state index is 12.3. The number of halogens is 3. The van der Waals surface area contributed by atoms with Crippen molar-refractivity contribution in [3.63, 3.8) is 0 Å². The van der Waals surface area contributed by atoms with Crippen molar-refractivity contribution in [3.05, 3.63) is 33.3 Å². The third-order valence-electron chi connectivity index (χ3n) is 3.42. The Morgan fingerprint density at radius 3 is 2.79 bits per heavy atom. The quantitative estimate of drug-likeness (QED) is 0.871. The van der Waals surface area contributed by atoms with Crippen molar-refractivity contribution >= 4 is 45.8 Å². The van der Waals surface area contributed by atoms with Gasteiger partial charge in [0.2, 0.25) is 0 Å². The summed E-state index contributed by atoms with van der Waals surface area (Å²) in [5.41, 5.74) is 6.54. The van der Waals surface area contributed by atoms with Gasteiger partial charge < -0.3 is 10.6 Å². The number of carbonyl (C=O) groups is 1. The molecule has 1 aromatic rings. The minimum Gasteiger partial charge on any atom is -0.338 e. The first-order valence-electron chi connectivity index (χ1n) is 5.99. The van der Waals surface area contributed by atoms with E-state index in [0.717, 1.165) is 24.0 Å². The summed E-state index contributed by atoms with van der Waals surface area (Å²) >= 11 is 9.26. The summed E-state index contributed by atoms with van der Waals surface area (Å²) < 4.78 is 0.748. The summed E-state index contributed by atoms with van der Waals surface area (Å²) in [6.45, 7) is 3.53. The van der Waals surface area contributed by atoms with Crippen LogP contribution in [0.4, 0.5) is 0 Å². The summed E-state index contributed by atoms with van der Waals surface area (Å²) in [5, 5.41) is 0.612. The Labute approximate surface area is 133 Å². The lowest BCUT2D eigenvalue weighted by atomic mass is 10.0. The van der Waals surface area contributed by atoms with Gasteiger partial charge in [-0.2, -0.15) is 0 Å². The predicted octanol–water partition coefficient (Wildman–Crippen LogP) is 3.33. The van der Waals surface area contributed by atoms with Crippen molar-refractivity contribution in [1.82, 2.24) is 4.90 Å². The average Bonchev–Trinajstić information content (AvgIpc) is 2.81. The Bertz CT molecular complexity index is 468. The number of nitrogens with two attached hydrogens (primary N) is 1. The number of hydrogen-bond donors (Lipinski definition) is 1. The van der Waals surface area contributed by atoms with Gasteiger partial charge in [-0.05, 0) is 53.4 Å². The molecule has 3 nitrogen and oxygen atoms in total. The second-order valence-electron chi connectivity index (χ2n) is 4.79. The van der Waals surface area contributed by atoms with E-state index >= 15 is 0 Å². The van der Waals surface area contributed by atoms with Crippen LogP contribution in [0.25, 0.3) is 0 Å². The van der Waals surface area contributed by atoms with E-state index in [9.17, 15) is 4.79 Å². The molecule has 1 saturated heterocycles. The maximum absolute atomic E-state index is 12.3. The van der Waals surface area contributed by atoms with Crippen molar-refractivity contribution in [1.29, 1.82) is 0 Å². The van der Waals surface area contributed by atoms with Gasteiger partial charge >= 0.3 is 0 Å². The molecule has 6 heteroatoms. The molecule has 1 aliphatic heterocycles. The summed E-state index contributed by atoms with van der Waals surface area (Å²) in [4.78, 5) is 14.2. The average molecular weight is 368 g/mol. The second kappa shape index (κ2) is 6.93. The van der Waals surface area contributed by atoms with Crippen LogP contribution in [0, 0.1) is 5.92 Å². The topological polar surface area (TPSA) is 46.3 Å². The number of nitrogens with zero attached hydrogens (tertiary/aromatic N) is 1. The Morgan fingerprint density at radius 1 is 1.58 bits per heavy atom. The molecule has 1 heterocycles. The highest BCUT2D eigenvalue weighted by Crippen LogP contribution is 2.26. The fourth-order valence-electron chi connectivity index (χ4n) is 2.21. The largest absolute Gasteiger partial charge is 0.338 e. The molecule has 2 atom stereocenters. The zero-order valence-corrected chi connectivity index (χ0v) is 13.8. The minimum absolute atomic E-state index is 0. The van der Waals surface area contributed by atoms with Crippen LogP contribution in [-0.4, -0.2) is 29.9 Å². The number of rotatable bonds is 2. The van der Waals surface area contributed by atoms with Gasteiger partial charge in [0, 0.05) is 29.2 Å². The van der Waals surface area contributed by atoms with E-state index in [1.807, 2.05) is 11.8 Å². The molecule has 0 aliphatic carbocycles. The third kappa shape index (κ3) is 3.85. The summed E-state index contributed by atoms with van der Waals surface area (Å²) in [6, 6.07) is 5.40. The highest BCUT2D eigenvalue weighted by atomic mass is 79.9. The lowest BCUT2D eigenvalue weighted by Gasteiger charge is -2.18. The van der Waals surface area contributed by atoms with Crippen LogP contribution < -0.4 is 5.73 Å². The van der Waals surface area contributed by atoms with Crippen LogP contribution in [0.15, 0.2) is 22.7 Å². The van der Waals surface area contributed by atoms with E-state index in [2.05, 4.69) is 15.9 Å². The molecule has 1 aromatic carbocycles. The monoisotopic (exact) mass is 366 g/mol. The summed E-state index contributed by atoms with van der Waals surface area (Å²) in [5.74, 6) is 0.459. The van der Waals surface area contributed by atoms with Crippen molar-refractivity contribution in [3.8, 4) is 0 Å². The zero-order valence-electron chi connectivity index (χ0n) is 10.6. The Balaban J connectivity index is 0.00000180. The molecule has 2 unspecified atom stereocenters. The van der Waals surface area contributed by atoms with E-state index < -0.39 is 0 Å². The Hall–Kier alpha value is -0.290. The van der Waals surface area contributed by atoms with Crippen LogP contribution in [0.3, 0.4) is 0 Å². The van der Waals surface area contributed by atoms with E-state index in [-0.39, 0.29) is 24.4 Å². The van der Waals surface area contributed by atoms with E-state index in [4.69, 9.17) is 17.3 Å². The Kier molecular flexibility index (Phi) is 6.12. The van der Waals surface area contributed by atoms with Gasteiger partial charge in [0.15, 0.2) is 0 Å². The highest BCUT2D eigenvalue weighted by Gasteiger charge is 2.28. The first-order chi connectivity index (χ1) is 8.49. The molecule has 0 spiro atoms. The fourth-order valence-corrected chi connectivity index (χ4v) is 2.71. The number of amides is 1. The molecule has 0 bridgehead atoms. The van der Waals surface area contributed by atoms with E-state index in [0.29, 0.717) is 16.5 Å². The molecule has 0 aromatic heterocycles. The smallest absolute Gasteiger partial charge is 0.253 e. The molecule has 2 rings (SSSR count). The van der Waals surface area contributed by atoms with Crippen molar-refractivity contribution < 1.29 is 4.79 Å². The molecule has 0 radical (unpaired) electrons. The van der Waals surface area contributed by atoms with Gasteiger partial charge in [-0.3, -0.25) is 4.79 Å². The molecule has 106 valence electrons. The first-order valence-corrected chi connectivity index (χ1v) is 7.16. The number of likely N-dealkylation sites (tertiary alicyclic amines) is 1. The van der Waals surface area contributed by atoms with E-state index in [1.54, 1.807) is 18.2 Å². The predicted molar refractivity (Wildman–Crippen MR) is 84.1 cm³/mol. The number of carbonyl (C=O) groups excluding carboxylic acids is 1. The van der Waals surface area contributed by atoms with Gasteiger partial charge in [0.05, 0.1) is 5.02 Å². The van der Waals surface area contributed by atoms with Crippen LogP contribution in [-0.2, 0) is 0 Å². The van der Waals surface area contributed by atoms with Gasteiger partial charge in [0.1, 0.15) is 0 Å². The lowest BCUT2D eigenvalue weighted by molar-refractivity contribution is 0.0786. The van der Waals surface area contributed by atoms with Crippen molar-refractivity contribution in [2.24, 2.45) is 11.7 Å². The Morgan fingerprint density at radius 2 is 2.26 bits per heavy atom. The molecular formula is C13H17BrCl2N2O. The first kappa shape index (κ1) is 16.8. The second-order valence-corrected chi connectivity index (χ2v) is 6.05. The van der Waals surface area contributed by atoms with Crippen molar-refractivity contribution in [2.75, 3.05) is 13.1 Å². The van der Waals surface area contributed by atoms with Gasteiger partial charge in [-0.25, -0.2) is 0 Å². The number of hydrogen-bond acceptors (Lipinski definition) is 2. The van der Waals surface area contributed by atoms with Crippen LogP contribution >= 0.6 is 39.9 Å². The maximum Gasteiger partial charge on any atom is 0.253 e. The zero-order chi connectivity index (χ0) is 13.3. The summed E-state index contributed by atoms with van der Waals surface area (Å²) in [7, 11) is 0. The SMILES string of the molecule is CC(N)C1CCN(C(=O)c2ccc(Cl)c(Br)c2)C1.Cl. The normalized spacial score (nSPS) is 20.0. The van der Waals surface area contributed by atoms with Gasteiger partial charge in [-0.15, -0.1) is 12.4 Å². The minimum atomic E-state index is 0. The molecule has 1 aliphatic rings.